The quantitative estimate of drug-likeness (QED) is 0.766. The molecule has 5 nitrogen and oxygen atoms in total. The molecule has 0 spiro atoms. The van der Waals surface area contributed by atoms with E-state index in [0.29, 0.717) is 0 Å². The number of hydrogen-bond acceptors (Lipinski definition) is 3. The van der Waals surface area contributed by atoms with Crippen molar-refractivity contribution in [1.82, 2.24) is 9.97 Å². The highest BCUT2D eigenvalue weighted by molar-refractivity contribution is 7.90. The van der Waals surface area contributed by atoms with Crippen LogP contribution in [0.15, 0.2) is 19.0 Å². The van der Waals surface area contributed by atoms with Gasteiger partial charge in [0.1, 0.15) is 5.82 Å². The molecule has 0 bridgehead atoms. The van der Waals surface area contributed by atoms with Crippen LogP contribution in [0.1, 0.15) is 5.82 Å². The standard InChI is InChI=1S/C5H6N2.CH2F3NO2S/c1-2-5-6-3-4-7-5;2-1(3,4)8(5,6)7/h2-4H,1H2,(H,6,7);(H2,5,6,7). The fourth-order valence-electron chi connectivity index (χ4n) is 0.389. The van der Waals surface area contributed by atoms with E-state index in [-0.39, 0.29) is 0 Å². The van der Waals surface area contributed by atoms with Gasteiger partial charge < -0.3 is 4.98 Å². The number of aromatic amines is 1. The Morgan fingerprint density at radius 3 is 2.13 bits per heavy atom. The van der Waals surface area contributed by atoms with Gasteiger partial charge in [0, 0.05) is 12.4 Å². The summed E-state index contributed by atoms with van der Waals surface area (Å²) < 4.78 is 51.2. The Hall–Kier alpha value is -1.35. The smallest absolute Gasteiger partial charge is 0.345 e. The molecule has 3 N–H and O–H groups in total. The minimum absolute atomic E-state index is 0.819. The minimum Gasteiger partial charge on any atom is -0.345 e. The van der Waals surface area contributed by atoms with E-state index in [1.165, 1.54) is 0 Å². The van der Waals surface area contributed by atoms with Gasteiger partial charge in [0.05, 0.1) is 0 Å². The fourth-order valence-corrected chi connectivity index (χ4v) is 0.389. The van der Waals surface area contributed by atoms with Crippen LogP contribution < -0.4 is 5.14 Å². The van der Waals surface area contributed by atoms with E-state index < -0.39 is 15.5 Å². The number of H-pyrrole nitrogens is 1. The van der Waals surface area contributed by atoms with E-state index >= 15 is 0 Å². The van der Waals surface area contributed by atoms with Crippen molar-refractivity contribution >= 4 is 16.1 Å². The van der Waals surface area contributed by atoms with Crippen molar-refractivity contribution < 1.29 is 21.6 Å². The number of hydrogen-bond donors (Lipinski definition) is 2. The lowest BCUT2D eigenvalue weighted by Crippen LogP contribution is -2.30. The summed E-state index contributed by atoms with van der Waals surface area (Å²) in [4.78, 5) is 6.72. The van der Waals surface area contributed by atoms with Gasteiger partial charge in [-0.05, 0) is 6.08 Å². The first-order valence-corrected chi connectivity index (χ1v) is 4.94. The molecule has 0 aromatic carbocycles. The van der Waals surface area contributed by atoms with Crippen LogP contribution in [0.3, 0.4) is 0 Å². The lowest BCUT2D eigenvalue weighted by atomic mass is 10.6. The molecule has 0 unspecified atom stereocenters. The Morgan fingerprint density at radius 1 is 1.53 bits per heavy atom. The zero-order chi connectivity index (χ0) is 12.1. The molecule has 0 aliphatic rings. The first-order valence-electron chi connectivity index (χ1n) is 3.39. The molecule has 0 amide bonds. The molecular formula is C6H8F3N3O2S. The average Bonchev–Trinajstić information content (AvgIpc) is 2.52. The lowest BCUT2D eigenvalue weighted by molar-refractivity contribution is -0.0436. The van der Waals surface area contributed by atoms with Crippen LogP contribution in [0.25, 0.3) is 6.08 Å². The number of imidazole rings is 1. The van der Waals surface area contributed by atoms with Crippen LogP contribution in [0.4, 0.5) is 13.2 Å². The summed E-state index contributed by atoms with van der Waals surface area (Å²) in [5.74, 6) is 0.819. The molecule has 1 heterocycles. The molecule has 86 valence electrons. The second-order valence-electron chi connectivity index (χ2n) is 2.17. The largest absolute Gasteiger partial charge is 0.511 e. The van der Waals surface area contributed by atoms with Gasteiger partial charge in [0.15, 0.2) is 0 Å². The predicted octanol–water partition coefficient (Wildman–Crippen LogP) is 0.847. The van der Waals surface area contributed by atoms with Gasteiger partial charge in [-0.25, -0.2) is 18.5 Å². The van der Waals surface area contributed by atoms with Gasteiger partial charge in [-0.2, -0.15) is 13.2 Å². The van der Waals surface area contributed by atoms with Gasteiger partial charge in [0.25, 0.3) is 0 Å². The van der Waals surface area contributed by atoms with E-state index in [2.05, 4.69) is 21.7 Å². The topological polar surface area (TPSA) is 88.8 Å². The maximum Gasteiger partial charge on any atom is 0.511 e. The van der Waals surface area contributed by atoms with Gasteiger partial charge in [-0.15, -0.1) is 0 Å². The van der Waals surface area contributed by atoms with Gasteiger partial charge >= 0.3 is 15.5 Å². The first kappa shape index (κ1) is 13.7. The third kappa shape index (κ3) is 5.18. The summed E-state index contributed by atoms with van der Waals surface area (Å²) in [5.41, 5.74) is -5.31. The highest BCUT2D eigenvalue weighted by Crippen LogP contribution is 2.18. The molecule has 0 radical (unpaired) electrons. The molecule has 15 heavy (non-hydrogen) atoms. The van der Waals surface area contributed by atoms with Crippen molar-refractivity contribution in [3.63, 3.8) is 0 Å². The number of nitrogens with two attached hydrogens (primary N) is 1. The minimum atomic E-state index is -5.34. The number of alkyl halides is 3. The van der Waals surface area contributed by atoms with Crippen LogP contribution in [-0.2, 0) is 10.0 Å². The van der Waals surface area contributed by atoms with E-state index in [4.69, 9.17) is 0 Å². The van der Waals surface area contributed by atoms with Crippen LogP contribution in [0, 0.1) is 0 Å². The molecule has 1 aromatic heterocycles. The number of rotatable bonds is 1. The Balaban J connectivity index is 0.000000262. The third-order valence-corrected chi connectivity index (χ3v) is 1.68. The van der Waals surface area contributed by atoms with Gasteiger partial charge in [-0.1, -0.05) is 6.58 Å². The Labute approximate surface area is 83.9 Å². The summed E-state index contributed by atoms with van der Waals surface area (Å²) in [5, 5.41) is 3.66. The zero-order valence-corrected chi connectivity index (χ0v) is 8.14. The molecule has 0 aliphatic carbocycles. The molecular weight excluding hydrogens is 235 g/mol. The summed E-state index contributed by atoms with van der Waals surface area (Å²) in [6, 6.07) is 0. The van der Waals surface area contributed by atoms with Crippen LogP contribution in [0.2, 0.25) is 0 Å². The summed E-state index contributed by atoms with van der Waals surface area (Å²) >= 11 is 0. The highest BCUT2D eigenvalue weighted by Gasteiger charge is 2.42. The highest BCUT2D eigenvalue weighted by atomic mass is 32.2. The molecule has 1 aromatic rings. The Morgan fingerprint density at radius 2 is 2.00 bits per heavy atom. The number of primary sulfonamides is 1. The molecule has 0 saturated carbocycles. The monoisotopic (exact) mass is 243 g/mol. The molecule has 9 heteroatoms. The molecule has 0 atom stereocenters. The number of sulfonamides is 1. The van der Waals surface area contributed by atoms with E-state index in [0.717, 1.165) is 5.82 Å². The normalized spacial score (nSPS) is 11.5. The van der Waals surface area contributed by atoms with Crippen molar-refractivity contribution in [3.8, 4) is 0 Å². The van der Waals surface area contributed by atoms with Crippen LogP contribution in [0.5, 0.6) is 0 Å². The van der Waals surface area contributed by atoms with Gasteiger partial charge in [0.2, 0.25) is 0 Å². The predicted molar refractivity (Wildman–Crippen MR) is 47.8 cm³/mol. The van der Waals surface area contributed by atoms with Crippen molar-refractivity contribution in [2.45, 2.75) is 5.51 Å². The molecule has 0 aliphatic heterocycles. The third-order valence-electron chi connectivity index (χ3n) is 1.04. The first-order chi connectivity index (χ1) is 6.68. The molecule has 0 fully saturated rings. The van der Waals surface area contributed by atoms with E-state index in [1.807, 2.05) is 0 Å². The lowest BCUT2D eigenvalue weighted by Gasteiger charge is -1.98. The van der Waals surface area contributed by atoms with E-state index in [1.54, 1.807) is 18.5 Å². The second-order valence-corrected chi connectivity index (χ2v) is 3.72. The van der Waals surface area contributed by atoms with Gasteiger partial charge in [-0.3, -0.25) is 0 Å². The van der Waals surface area contributed by atoms with Crippen molar-refractivity contribution in [2.75, 3.05) is 0 Å². The summed E-state index contributed by atoms with van der Waals surface area (Å²) in [7, 11) is -5.34. The van der Waals surface area contributed by atoms with Crippen molar-refractivity contribution in [2.24, 2.45) is 5.14 Å². The number of halogens is 3. The number of nitrogens with zero attached hydrogens (tertiary/aromatic N) is 1. The number of nitrogens with one attached hydrogen (secondary N) is 1. The van der Waals surface area contributed by atoms with Crippen LogP contribution in [-0.4, -0.2) is 23.9 Å². The average molecular weight is 243 g/mol. The SMILES string of the molecule is C=Cc1ncc[nH]1.NS(=O)(=O)C(F)(F)F. The van der Waals surface area contributed by atoms with Crippen LogP contribution >= 0.6 is 0 Å². The fraction of sp³-hybridized carbons (Fsp3) is 0.167. The number of aromatic nitrogens is 2. The van der Waals surface area contributed by atoms with Crippen molar-refractivity contribution in [1.29, 1.82) is 0 Å². The maximum atomic E-state index is 10.8. The summed E-state index contributed by atoms with van der Waals surface area (Å²) in [6.45, 7) is 3.51. The Kier molecular flexibility index (Phi) is 4.49. The zero-order valence-electron chi connectivity index (χ0n) is 7.32. The molecule has 1 rings (SSSR count). The van der Waals surface area contributed by atoms with E-state index in [9.17, 15) is 21.6 Å². The molecule has 0 saturated heterocycles. The maximum absolute atomic E-state index is 10.8. The van der Waals surface area contributed by atoms with Crippen molar-refractivity contribution in [3.05, 3.63) is 24.8 Å². The second kappa shape index (κ2) is 4.94. The summed E-state index contributed by atoms with van der Waals surface area (Å²) in [6.07, 6.45) is 5.12. The Bertz CT molecular complexity index is 396.